The van der Waals surface area contributed by atoms with Gasteiger partial charge in [0.25, 0.3) is 0 Å². The van der Waals surface area contributed by atoms with Gasteiger partial charge in [0, 0.05) is 7.05 Å². The molecule has 3 nitrogen and oxygen atoms in total. The summed E-state index contributed by atoms with van der Waals surface area (Å²) in [6, 6.07) is 14.5. The summed E-state index contributed by atoms with van der Waals surface area (Å²) in [7, 11) is 1.94. The van der Waals surface area contributed by atoms with Crippen LogP contribution in [0.25, 0.3) is 16.7 Å². The van der Waals surface area contributed by atoms with Gasteiger partial charge in [-0.05, 0) is 43.2 Å². The molecule has 0 radical (unpaired) electrons. The van der Waals surface area contributed by atoms with Crippen LogP contribution >= 0.6 is 0 Å². The van der Waals surface area contributed by atoms with Crippen LogP contribution in [0.1, 0.15) is 11.1 Å². The van der Waals surface area contributed by atoms with Gasteiger partial charge in [0.2, 0.25) is 5.62 Å². The van der Waals surface area contributed by atoms with Crippen molar-refractivity contribution in [3.63, 3.8) is 0 Å². The van der Waals surface area contributed by atoms with Crippen molar-refractivity contribution in [3.8, 4) is 5.69 Å². The number of hydrogen-bond donors (Lipinski definition) is 1. The Kier molecular flexibility index (Phi) is 2.56. The Morgan fingerprint density at radius 1 is 0.947 bits per heavy atom. The second kappa shape index (κ2) is 4.12. The first-order valence-corrected chi connectivity index (χ1v) is 6.38. The fourth-order valence-electron chi connectivity index (χ4n) is 2.53. The number of imidazole rings is 1. The number of benzene rings is 2. The van der Waals surface area contributed by atoms with Gasteiger partial charge >= 0.3 is 0 Å². The maximum atomic E-state index is 8.35. The van der Waals surface area contributed by atoms with Crippen LogP contribution < -0.4 is 5.62 Å². The van der Waals surface area contributed by atoms with Crippen molar-refractivity contribution in [3.05, 3.63) is 59.2 Å². The number of hydrogen-bond acceptors (Lipinski definition) is 1. The number of nitrogens with zero attached hydrogens (tertiary/aromatic N) is 2. The standard InChI is InChI=1S/C16H17N3/c1-11-8-9-14-15(10-11)19(16(17)18(14)3)13-7-5-4-6-12(13)2/h4-10,17H,1-3H3. The molecule has 0 saturated carbocycles. The van der Waals surface area contributed by atoms with E-state index in [0.29, 0.717) is 5.62 Å². The number of nitrogens with one attached hydrogen (secondary N) is 1. The van der Waals surface area contributed by atoms with Gasteiger partial charge < -0.3 is 4.57 Å². The van der Waals surface area contributed by atoms with Gasteiger partial charge in [-0.25, -0.2) is 0 Å². The highest BCUT2D eigenvalue weighted by molar-refractivity contribution is 5.79. The van der Waals surface area contributed by atoms with Crippen molar-refractivity contribution in [2.45, 2.75) is 13.8 Å². The predicted octanol–water partition coefficient (Wildman–Crippen LogP) is 3.07. The van der Waals surface area contributed by atoms with Gasteiger partial charge in [0.05, 0.1) is 16.7 Å². The Morgan fingerprint density at radius 3 is 2.42 bits per heavy atom. The number of para-hydroxylation sites is 1. The van der Waals surface area contributed by atoms with Crippen molar-refractivity contribution >= 4 is 11.0 Å². The summed E-state index contributed by atoms with van der Waals surface area (Å²) in [6.07, 6.45) is 0. The van der Waals surface area contributed by atoms with Crippen LogP contribution in [0, 0.1) is 19.3 Å². The van der Waals surface area contributed by atoms with Crippen molar-refractivity contribution < 1.29 is 0 Å². The van der Waals surface area contributed by atoms with E-state index in [-0.39, 0.29) is 0 Å². The second-order valence-corrected chi connectivity index (χ2v) is 5.00. The van der Waals surface area contributed by atoms with Gasteiger partial charge in [-0.2, -0.15) is 0 Å². The summed E-state index contributed by atoms with van der Waals surface area (Å²) >= 11 is 0. The molecule has 3 aromatic rings. The highest BCUT2D eigenvalue weighted by Gasteiger charge is 2.11. The molecular weight excluding hydrogens is 234 g/mol. The SMILES string of the molecule is Cc1ccc2c(c1)n(-c1ccccc1C)c(=N)n2C. The average Bonchev–Trinajstić information content (AvgIpc) is 2.63. The quantitative estimate of drug-likeness (QED) is 0.689. The lowest BCUT2D eigenvalue weighted by atomic mass is 10.2. The predicted molar refractivity (Wildman–Crippen MR) is 77.6 cm³/mol. The molecule has 0 aliphatic carbocycles. The molecule has 3 heteroatoms. The van der Waals surface area contributed by atoms with E-state index in [2.05, 4.69) is 44.2 Å². The van der Waals surface area contributed by atoms with Crippen LogP contribution in [0.15, 0.2) is 42.5 Å². The molecule has 96 valence electrons. The van der Waals surface area contributed by atoms with E-state index in [9.17, 15) is 0 Å². The monoisotopic (exact) mass is 251 g/mol. The summed E-state index contributed by atoms with van der Waals surface area (Å²) in [5, 5.41) is 8.35. The Bertz CT molecular complexity index is 822. The third kappa shape index (κ3) is 1.70. The topological polar surface area (TPSA) is 33.7 Å². The second-order valence-electron chi connectivity index (χ2n) is 5.00. The van der Waals surface area contributed by atoms with Gasteiger partial charge in [-0.3, -0.25) is 9.98 Å². The molecule has 0 aliphatic rings. The van der Waals surface area contributed by atoms with Crippen LogP contribution in [0.5, 0.6) is 0 Å². The smallest absolute Gasteiger partial charge is 0.207 e. The van der Waals surface area contributed by atoms with Gasteiger partial charge in [-0.15, -0.1) is 0 Å². The zero-order chi connectivity index (χ0) is 13.6. The minimum atomic E-state index is 0.495. The Hall–Kier alpha value is -2.29. The largest absolute Gasteiger partial charge is 0.313 e. The molecule has 1 aromatic heterocycles. The summed E-state index contributed by atoms with van der Waals surface area (Å²) in [5.41, 5.74) is 6.12. The normalized spacial score (nSPS) is 11.1. The van der Waals surface area contributed by atoms with Crippen molar-refractivity contribution in [2.24, 2.45) is 7.05 Å². The summed E-state index contributed by atoms with van der Waals surface area (Å²) in [5.74, 6) is 0. The lowest BCUT2D eigenvalue weighted by Crippen LogP contribution is -2.21. The Labute approximate surface area is 112 Å². The molecule has 3 rings (SSSR count). The number of aromatic nitrogens is 2. The van der Waals surface area contributed by atoms with E-state index in [4.69, 9.17) is 5.41 Å². The molecular formula is C16H17N3. The van der Waals surface area contributed by atoms with Gasteiger partial charge in [-0.1, -0.05) is 24.3 Å². The van der Waals surface area contributed by atoms with Crippen LogP contribution in [0.4, 0.5) is 0 Å². The number of aryl methyl sites for hydroxylation is 3. The number of rotatable bonds is 1. The van der Waals surface area contributed by atoms with E-state index in [1.807, 2.05) is 28.3 Å². The zero-order valence-electron chi connectivity index (χ0n) is 11.4. The van der Waals surface area contributed by atoms with Crippen LogP contribution in [-0.2, 0) is 7.05 Å². The Morgan fingerprint density at radius 2 is 1.68 bits per heavy atom. The fourth-order valence-corrected chi connectivity index (χ4v) is 2.53. The molecule has 1 heterocycles. The molecule has 0 bridgehead atoms. The molecule has 2 aromatic carbocycles. The highest BCUT2D eigenvalue weighted by Crippen LogP contribution is 2.20. The van der Waals surface area contributed by atoms with Crippen molar-refractivity contribution in [1.29, 1.82) is 5.41 Å². The van der Waals surface area contributed by atoms with Gasteiger partial charge in [0.1, 0.15) is 0 Å². The summed E-state index contributed by atoms with van der Waals surface area (Å²) < 4.78 is 3.93. The molecule has 0 amide bonds. The molecule has 1 N–H and O–H groups in total. The molecule has 0 fully saturated rings. The van der Waals surface area contributed by atoms with Crippen LogP contribution in [0.2, 0.25) is 0 Å². The fraction of sp³-hybridized carbons (Fsp3) is 0.188. The maximum Gasteiger partial charge on any atom is 0.207 e. The first kappa shape index (κ1) is 11.8. The third-order valence-electron chi connectivity index (χ3n) is 3.62. The molecule has 0 aliphatic heterocycles. The zero-order valence-corrected chi connectivity index (χ0v) is 11.4. The minimum Gasteiger partial charge on any atom is -0.313 e. The van der Waals surface area contributed by atoms with E-state index < -0.39 is 0 Å². The minimum absolute atomic E-state index is 0.495. The third-order valence-corrected chi connectivity index (χ3v) is 3.62. The molecule has 0 spiro atoms. The molecule has 0 unspecified atom stereocenters. The molecule has 0 atom stereocenters. The van der Waals surface area contributed by atoms with Crippen LogP contribution in [-0.4, -0.2) is 9.13 Å². The van der Waals surface area contributed by atoms with Crippen molar-refractivity contribution in [1.82, 2.24) is 9.13 Å². The van der Waals surface area contributed by atoms with Gasteiger partial charge in [0.15, 0.2) is 0 Å². The van der Waals surface area contributed by atoms with Crippen molar-refractivity contribution in [2.75, 3.05) is 0 Å². The highest BCUT2D eigenvalue weighted by atomic mass is 15.2. The van der Waals surface area contributed by atoms with E-state index >= 15 is 0 Å². The maximum absolute atomic E-state index is 8.35. The lowest BCUT2D eigenvalue weighted by molar-refractivity contribution is 0.786. The molecule has 0 saturated heterocycles. The first-order valence-electron chi connectivity index (χ1n) is 6.38. The first-order chi connectivity index (χ1) is 9.09. The lowest BCUT2D eigenvalue weighted by Gasteiger charge is -2.08. The molecule has 19 heavy (non-hydrogen) atoms. The summed E-state index contributed by atoms with van der Waals surface area (Å²) in [4.78, 5) is 0. The average molecular weight is 251 g/mol. The summed E-state index contributed by atoms with van der Waals surface area (Å²) in [6.45, 7) is 4.16. The Balaban J connectivity index is 2.48. The number of fused-ring (bicyclic) bond motifs is 1. The van der Waals surface area contributed by atoms with E-state index in [1.165, 1.54) is 11.1 Å². The van der Waals surface area contributed by atoms with Crippen LogP contribution in [0.3, 0.4) is 0 Å². The van der Waals surface area contributed by atoms with E-state index in [1.54, 1.807) is 0 Å². The van der Waals surface area contributed by atoms with E-state index in [0.717, 1.165) is 16.7 Å².